The first-order chi connectivity index (χ1) is 10.7. The number of aromatic nitrogens is 1. The zero-order chi connectivity index (χ0) is 17.1. The molecule has 0 radical (unpaired) electrons. The van der Waals surface area contributed by atoms with Gasteiger partial charge in [0.1, 0.15) is 0 Å². The van der Waals surface area contributed by atoms with E-state index < -0.39 is 20.0 Å². The van der Waals surface area contributed by atoms with Gasteiger partial charge in [-0.1, -0.05) is 6.92 Å². The van der Waals surface area contributed by atoms with Gasteiger partial charge in [-0.2, -0.15) is 0 Å². The van der Waals surface area contributed by atoms with E-state index >= 15 is 0 Å². The van der Waals surface area contributed by atoms with Gasteiger partial charge in [0.05, 0.1) is 9.79 Å². The van der Waals surface area contributed by atoms with Crippen LogP contribution in [-0.2, 0) is 20.0 Å². The Balaban J connectivity index is 2.22. The lowest BCUT2D eigenvalue weighted by Gasteiger charge is -2.12. The van der Waals surface area contributed by atoms with Crippen molar-refractivity contribution in [2.75, 3.05) is 4.72 Å². The summed E-state index contributed by atoms with van der Waals surface area (Å²) in [6.07, 6.45) is 2.14. The summed E-state index contributed by atoms with van der Waals surface area (Å²) in [4.78, 5) is 3.84. The van der Waals surface area contributed by atoms with Gasteiger partial charge in [-0.15, -0.1) is 11.3 Å². The van der Waals surface area contributed by atoms with Crippen LogP contribution in [-0.4, -0.2) is 27.9 Å². The Kier molecular flexibility index (Phi) is 5.40. The molecule has 2 rings (SSSR count). The first-order valence-electron chi connectivity index (χ1n) is 6.79. The predicted octanol–water partition coefficient (Wildman–Crippen LogP) is 2.02. The second kappa shape index (κ2) is 6.95. The molecule has 0 saturated heterocycles. The topological polar surface area (TPSA) is 105 Å². The summed E-state index contributed by atoms with van der Waals surface area (Å²) in [5.74, 6) is 0. The van der Waals surface area contributed by atoms with Crippen molar-refractivity contribution in [1.82, 2.24) is 9.71 Å². The lowest BCUT2D eigenvalue weighted by Crippen LogP contribution is -2.32. The highest BCUT2D eigenvalue weighted by Crippen LogP contribution is 2.19. The summed E-state index contributed by atoms with van der Waals surface area (Å²) in [6.45, 7) is 3.63. The third kappa shape index (κ3) is 4.50. The van der Waals surface area contributed by atoms with E-state index in [4.69, 9.17) is 0 Å². The molecule has 0 aliphatic heterocycles. The smallest absolute Gasteiger partial charge is 0.255 e. The van der Waals surface area contributed by atoms with E-state index in [9.17, 15) is 16.8 Å². The molecule has 126 valence electrons. The molecule has 0 aliphatic carbocycles. The molecule has 1 aromatic carbocycles. The molecule has 0 saturated carbocycles. The fourth-order valence-corrected chi connectivity index (χ4v) is 4.78. The fourth-order valence-electron chi connectivity index (χ4n) is 1.66. The molecule has 10 heteroatoms. The first-order valence-corrected chi connectivity index (χ1v) is 10.6. The highest BCUT2D eigenvalue weighted by molar-refractivity contribution is 7.93. The maximum Gasteiger partial charge on any atom is 0.263 e. The fraction of sp³-hybridized carbons (Fsp3) is 0.308. The van der Waals surface area contributed by atoms with Crippen molar-refractivity contribution in [3.63, 3.8) is 0 Å². The van der Waals surface area contributed by atoms with E-state index in [1.54, 1.807) is 12.3 Å². The summed E-state index contributed by atoms with van der Waals surface area (Å²) >= 11 is 1.15. The molecule has 7 nitrogen and oxygen atoms in total. The lowest BCUT2D eigenvalue weighted by molar-refractivity contribution is 0.555. The van der Waals surface area contributed by atoms with Gasteiger partial charge in [0.25, 0.3) is 10.0 Å². The molecule has 0 bridgehead atoms. The van der Waals surface area contributed by atoms with Gasteiger partial charge >= 0.3 is 0 Å². The van der Waals surface area contributed by atoms with E-state index in [0.29, 0.717) is 6.42 Å². The summed E-state index contributed by atoms with van der Waals surface area (Å²) in [5, 5.41) is 1.90. The Bertz CT molecular complexity index is 844. The van der Waals surface area contributed by atoms with Gasteiger partial charge in [-0.25, -0.2) is 26.5 Å². The van der Waals surface area contributed by atoms with Crippen LogP contribution in [0.2, 0.25) is 0 Å². The third-order valence-electron chi connectivity index (χ3n) is 3.07. The van der Waals surface area contributed by atoms with Crippen molar-refractivity contribution in [3.05, 3.63) is 35.8 Å². The minimum Gasteiger partial charge on any atom is -0.255 e. The predicted molar refractivity (Wildman–Crippen MR) is 89.4 cm³/mol. The van der Waals surface area contributed by atoms with Crippen LogP contribution in [0.4, 0.5) is 5.13 Å². The Hall–Kier alpha value is -1.49. The average Bonchev–Trinajstić information content (AvgIpc) is 2.99. The summed E-state index contributed by atoms with van der Waals surface area (Å²) < 4.78 is 53.5. The maximum absolute atomic E-state index is 12.2. The zero-order valence-electron chi connectivity index (χ0n) is 12.6. The molecule has 0 unspecified atom stereocenters. The zero-order valence-corrected chi connectivity index (χ0v) is 15.0. The van der Waals surface area contributed by atoms with Crippen molar-refractivity contribution in [3.8, 4) is 0 Å². The van der Waals surface area contributed by atoms with E-state index in [0.717, 1.165) is 11.3 Å². The van der Waals surface area contributed by atoms with Gasteiger partial charge in [0.2, 0.25) is 10.0 Å². The Labute approximate surface area is 139 Å². The summed E-state index contributed by atoms with van der Waals surface area (Å²) in [6, 6.07) is 4.83. The molecule has 0 aliphatic rings. The number of hydrogen-bond donors (Lipinski definition) is 2. The number of hydrogen-bond acceptors (Lipinski definition) is 6. The molecule has 23 heavy (non-hydrogen) atoms. The molecular formula is C13H17N3O4S3. The standard InChI is InChI=1S/C13H17N3O4S3/c1-3-10(2)15-22(17,18)11-4-6-12(7-5-11)23(19,20)16-13-14-8-9-21-13/h4-10,15H,3H2,1-2H3,(H,14,16)/t10-/m1/s1. The van der Waals surface area contributed by atoms with Crippen molar-refractivity contribution in [2.24, 2.45) is 0 Å². The van der Waals surface area contributed by atoms with Gasteiger partial charge < -0.3 is 0 Å². The number of thiazole rings is 1. The first kappa shape index (κ1) is 17.9. The van der Waals surface area contributed by atoms with Crippen LogP contribution in [0.25, 0.3) is 0 Å². The second-order valence-corrected chi connectivity index (χ2v) is 9.14. The Morgan fingerprint density at radius 1 is 1.09 bits per heavy atom. The van der Waals surface area contributed by atoms with Crippen molar-refractivity contribution in [1.29, 1.82) is 0 Å². The van der Waals surface area contributed by atoms with E-state index in [2.05, 4.69) is 14.4 Å². The summed E-state index contributed by atoms with van der Waals surface area (Å²) in [5.41, 5.74) is 0. The molecule has 2 aromatic rings. The molecule has 1 heterocycles. The Morgan fingerprint density at radius 2 is 1.65 bits per heavy atom. The van der Waals surface area contributed by atoms with E-state index in [1.807, 2.05) is 6.92 Å². The SMILES string of the molecule is CC[C@@H](C)NS(=O)(=O)c1ccc(S(=O)(=O)Nc2nccs2)cc1. The van der Waals surface area contributed by atoms with Crippen LogP contribution in [0.3, 0.4) is 0 Å². The minimum absolute atomic E-state index is 0.0194. The van der Waals surface area contributed by atoms with Crippen LogP contribution in [0, 0.1) is 0 Å². The molecule has 2 N–H and O–H groups in total. The normalized spacial score (nSPS) is 13.7. The number of rotatable bonds is 7. The van der Waals surface area contributed by atoms with Gasteiger partial charge in [0, 0.05) is 17.6 Å². The van der Waals surface area contributed by atoms with Crippen molar-refractivity contribution >= 4 is 36.5 Å². The van der Waals surface area contributed by atoms with Gasteiger partial charge in [-0.3, -0.25) is 4.72 Å². The molecular weight excluding hydrogens is 358 g/mol. The van der Waals surface area contributed by atoms with Crippen LogP contribution in [0.5, 0.6) is 0 Å². The number of nitrogens with zero attached hydrogens (tertiary/aromatic N) is 1. The van der Waals surface area contributed by atoms with Crippen LogP contribution < -0.4 is 9.44 Å². The number of benzene rings is 1. The highest BCUT2D eigenvalue weighted by Gasteiger charge is 2.19. The van der Waals surface area contributed by atoms with Crippen LogP contribution in [0.1, 0.15) is 20.3 Å². The molecule has 0 fully saturated rings. The second-order valence-electron chi connectivity index (χ2n) is 4.84. The van der Waals surface area contributed by atoms with E-state index in [-0.39, 0.29) is 21.0 Å². The third-order valence-corrected chi connectivity index (χ3v) is 6.85. The summed E-state index contributed by atoms with van der Waals surface area (Å²) in [7, 11) is -7.45. The van der Waals surface area contributed by atoms with Gasteiger partial charge in [0.15, 0.2) is 5.13 Å². The molecule has 0 amide bonds. The minimum atomic E-state index is -3.79. The maximum atomic E-state index is 12.2. The number of nitrogens with one attached hydrogen (secondary N) is 2. The molecule has 1 atom stereocenters. The van der Waals surface area contributed by atoms with Crippen molar-refractivity contribution in [2.45, 2.75) is 36.1 Å². The molecule has 0 spiro atoms. The number of sulfonamides is 2. The van der Waals surface area contributed by atoms with E-state index in [1.165, 1.54) is 30.5 Å². The van der Waals surface area contributed by atoms with Crippen LogP contribution >= 0.6 is 11.3 Å². The van der Waals surface area contributed by atoms with Crippen LogP contribution in [0.15, 0.2) is 45.6 Å². The van der Waals surface area contributed by atoms with Crippen molar-refractivity contribution < 1.29 is 16.8 Å². The molecule has 1 aromatic heterocycles. The largest absolute Gasteiger partial charge is 0.263 e. The Morgan fingerprint density at radius 3 is 2.13 bits per heavy atom. The van der Waals surface area contributed by atoms with Gasteiger partial charge in [-0.05, 0) is 37.6 Å². The number of anilines is 1. The highest BCUT2D eigenvalue weighted by atomic mass is 32.2. The average molecular weight is 375 g/mol. The quantitative estimate of drug-likeness (QED) is 0.770. The monoisotopic (exact) mass is 375 g/mol. The lowest BCUT2D eigenvalue weighted by atomic mass is 10.3.